The Kier molecular flexibility index (Phi) is 7.91. The first-order valence-corrected chi connectivity index (χ1v) is 14.0. The van der Waals surface area contributed by atoms with Crippen LogP contribution < -0.4 is 5.73 Å². The summed E-state index contributed by atoms with van der Waals surface area (Å²) in [6.07, 6.45) is 12.1. The molecule has 0 atom stereocenters. The van der Waals surface area contributed by atoms with E-state index in [-0.39, 0.29) is 5.91 Å². The molecule has 2 heterocycles. The van der Waals surface area contributed by atoms with Crippen LogP contribution in [0.1, 0.15) is 78.9 Å². The molecule has 0 bridgehead atoms. The van der Waals surface area contributed by atoms with E-state index in [2.05, 4.69) is 59.2 Å². The summed E-state index contributed by atoms with van der Waals surface area (Å²) in [5.74, 6) is 0.179. The Hall–Kier alpha value is -2.85. The van der Waals surface area contributed by atoms with Gasteiger partial charge in [0.25, 0.3) is 5.91 Å². The lowest BCUT2D eigenvalue weighted by Gasteiger charge is -2.36. The van der Waals surface area contributed by atoms with Crippen LogP contribution in [0.15, 0.2) is 65.9 Å². The number of aryl methyl sites for hydroxylation is 2. The largest absolute Gasteiger partial charge is 0.402 e. The van der Waals surface area contributed by atoms with Crippen molar-refractivity contribution in [3.8, 4) is 0 Å². The minimum absolute atomic E-state index is 0.179. The van der Waals surface area contributed by atoms with Gasteiger partial charge in [0, 0.05) is 30.4 Å². The van der Waals surface area contributed by atoms with Gasteiger partial charge in [-0.3, -0.25) is 4.79 Å². The van der Waals surface area contributed by atoms with Gasteiger partial charge in [0.2, 0.25) is 0 Å². The zero-order valence-electron chi connectivity index (χ0n) is 21.8. The number of piperidine rings is 1. The van der Waals surface area contributed by atoms with Crippen molar-refractivity contribution in [1.82, 2.24) is 9.80 Å². The molecule has 4 nitrogen and oxygen atoms in total. The van der Waals surface area contributed by atoms with Gasteiger partial charge in [-0.1, -0.05) is 49.4 Å². The molecule has 0 spiro atoms. The van der Waals surface area contributed by atoms with Crippen LogP contribution in [0.5, 0.6) is 0 Å². The van der Waals surface area contributed by atoms with Crippen molar-refractivity contribution in [1.29, 1.82) is 0 Å². The van der Waals surface area contributed by atoms with Crippen LogP contribution in [0.2, 0.25) is 0 Å². The summed E-state index contributed by atoms with van der Waals surface area (Å²) in [5, 5.41) is 0. The quantitative estimate of drug-likeness (QED) is 0.528. The molecule has 0 radical (unpaired) electrons. The Balaban J connectivity index is 1.19. The number of nitrogens with zero attached hydrogens (tertiary/aromatic N) is 2. The zero-order valence-corrected chi connectivity index (χ0v) is 21.8. The lowest BCUT2D eigenvalue weighted by Crippen LogP contribution is -2.45. The molecule has 4 heteroatoms. The summed E-state index contributed by atoms with van der Waals surface area (Å²) in [6.45, 7) is 6.42. The second-order valence-electron chi connectivity index (χ2n) is 10.7. The fourth-order valence-electron chi connectivity index (χ4n) is 6.04. The standard InChI is InChI=1S/C32H41N3O/c1-2-24-5-7-25(8-6-24)9-10-29-23-28(15-16-31(29)33)26-11-13-27(14-12-26)32(36)35-21-17-30(18-22-35)34-19-3-4-20-34/h5-8,11-14,23,30H,2-4,9-10,15-22,33H2,1H3. The number of allylic oxidation sites excluding steroid dienone is 4. The molecule has 2 N–H and O–H groups in total. The van der Waals surface area contributed by atoms with E-state index in [1.54, 1.807) is 0 Å². The van der Waals surface area contributed by atoms with Crippen molar-refractivity contribution in [3.05, 3.63) is 88.1 Å². The third-order valence-electron chi connectivity index (χ3n) is 8.45. The van der Waals surface area contributed by atoms with Gasteiger partial charge in [-0.25, -0.2) is 0 Å². The molecule has 190 valence electrons. The normalized spacial score (nSPS) is 19.6. The number of hydrogen-bond donors (Lipinski definition) is 1. The second kappa shape index (κ2) is 11.5. The highest BCUT2D eigenvalue weighted by molar-refractivity contribution is 5.94. The van der Waals surface area contributed by atoms with Crippen molar-refractivity contribution >= 4 is 11.5 Å². The molecule has 2 saturated heterocycles. The van der Waals surface area contributed by atoms with Crippen LogP contribution in [0.4, 0.5) is 0 Å². The molecule has 0 saturated carbocycles. The van der Waals surface area contributed by atoms with Gasteiger partial charge < -0.3 is 15.5 Å². The van der Waals surface area contributed by atoms with Crippen molar-refractivity contribution in [2.24, 2.45) is 5.73 Å². The monoisotopic (exact) mass is 483 g/mol. The number of carbonyl (C=O) groups excluding carboxylic acids is 1. The third kappa shape index (κ3) is 5.75. The fraction of sp³-hybridized carbons (Fsp3) is 0.469. The highest BCUT2D eigenvalue weighted by Gasteiger charge is 2.28. The minimum atomic E-state index is 0.179. The lowest BCUT2D eigenvalue weighted by atomic mass is 9.89. The van der Waals surface area contributed by atoms with Crippen LogP contribution in [0, 0.1) is 0 Å². The zero-order chi connectivity index (χ0) is 24.9. The van der Waals surface area contributed by atoms with E-state index in [0.717, 1.165) is 69.3 Å². The Labute approximate surface area is 216 Å². The molecule has 1 aliphatic carbocycles. The average molecular weight is 484 g/mol. The van der Waals surface area contributed by atoms with Gasteiger partial charge in [0.1, 0.15) is 0 Å². The van der Waals surface area contributed by atoms with Gasteiger partial charge in [-0.2, -0.15) is 0 Å². The Bertz CT molecular complexity index is 1100. The fourth-order valence-corrected chi connectivity index (χ4v) is 6.04. The number of rotatable bonds is 7. The maximum Gasteiger partial charge on any atom is 0.253 e. The summed E-state index contributed by atoms with van der Waals surface area (Å²) in [5.41, 5.74) is 14.8. The first-order valence-electron chi connectivity index (χ1n) is 14.0. The summed E-state index contributed by atoms with van der Waals surface area (Å²) in [7, 11) is 0. The van der Waals surface area contributed by atoms with Gasteiger partial charge >= 0.3 is 0 Å². The number of amides is 1. The molecule has 3 aliphatic rings. The van der Waals surface area contributed by atoms with Crippen molar-refractivity contribution in [2.45, 2.75) is 70.8 Å². The van der Waals surface area contributed by atoms with E-state index < -0.39 is 0 Å². The van der Waals surface area contributed by atoms with Gasteiger partial charge in [-0.05, 0) is 111 Å². The Morgan fingerprint density at radius 1 is 0.861 bits per heavy atom. The first-order chi connectivity index (χ1) is 17.6. The highest BCUT2D eigenvalue weighted by Crippen LogP contribution is 2.31. The summed E-state index contributed by atoms with van der Waals surface area (Å²) >= 11 is 0. The van der Waals surface area contributed by atoms with E-state index >= 15 is 0 Å². The van der Waals surface area contributed by atoms with E-state index in [0.29, 0.717) is 6.04 Å². The average Bonchev–Trinajstić information content (AvgIpc) is 3.48. The third-order valence-corrected chi connectivity index (χ3v) is 8.45. The summed E-state index contributed by atoms with van der Waals surface area (Å²) < 4.78 is 0. The van der Waals surface area contributed by atoms with Crippen LogP contribution >= 0.6 is 0 Å². The number of benzene rings is 2. The molecular formula is C32H41N3O. The highest BCUT2D eigenvalue weighted by atomic mass is 16.2. The molecule has 2 aromatic carbocycles. The molecule has 5 rings (SSSR count). The molecule has 36 heavy (non-hydrogen) atoms. The molecule has 0 aromatic heterocycles. The number of likely N-dealkylation sites (tertiary alicyclic amines) is 2. The number of carbonyl (C=O) groups is 1. The molecular weight excluding hydrogens is 442 g/mol. The van der Waals surface area contributed by atoms with Crippen LogP contribution in [0.3, 0.4) is 0 Å². The van der Waals surface area contributed by atoms with Crippen molar-refractivity contribution < 1.29 is 4.79 Å². The topological polar surface area (TPSA) is 49.6 Å². The van der Waals surface area contributed by atoms with E-state index in [1.165, 1.54) is 53.8 Å². The first kappa shape index (κ1) is 24.8. The van der Waals surface area contributed by atoms with E-state index in [4.69, 9.17) is 5.73 Å². The minimum Gasteiger partial charge on any atom is -0.402 e. The van der Waals surface area contributed by atoms with Gasteiger partial charge in [-0.15, -0.1) is 0 Å². The number of hydrogen-bond acceptors (Lipinski definition) is 3. The molecule has 1 amide bonds. The van der Waals surface area contributed by atoms with E-state index in [9.17, 15) is 4.79 Å². The van der Waals surface area contributed by atoms with Crippen molar-refractivity contribution in [2.75, 3.05) is 26.2 Å². The number of nitrogens with two attached hydrogens (primary N) is 1. The Morgan fingerprint density at radius 3 is 2.19 bits per heavy atom. The molecule has 0 unspecified atom stereocenters. The van der Waals surface area contributed by atoms with Crippen molar-refractivity contribution in [3.63, 3.8) is 0 Å². The lowest BCUT2D eigenvalue weighted by molar-refractivity contribution is 0.0644. The van der Waals surface area contributed by atoms with Crippen LogP contribution in [-0.2, 0) is 12.8 Å². The molecule has 2 fully saturated rings. The molecule has 2 aliphatic heterocycles. The second-order valence-corrected chi connectivity index (χ2v) is 10.7. The predicted octanol–water partition coefficient (Wildman–Crippen LogP) is 5.97. The van der Waals surface area contributed by atoms with Gasteiger partial charge in [0.05, 0.1) is 0 Å². The van der Waals surface area contributed by atoms with E-state index in [1.807, 2.05) is 12.1 Å². The molecule has 2 aromatic rings. The summed E-state index contributed by atoms with van der Waals surface area (Å²) in [6, 6.07) is 17.9. The SMILES string of the molecule is CCc1ccc(CCC2=C(N)CCC(c3ccc(C(=O)N4CCC(N5CCCC5)CC4)cc3)=C2)cc1. The van der Waals surface area contributed by atoms with Gasteiger partial charge in [0.15, 0.2) is 0 Å². The maximum atomic E-state index is 13.1. The smallest absolute Gasteiger partial charge is 0.253 e. The maximum absolute atomic E-state index is 13.1. The Morgan fingerprint density at radius 2 is 1.53 bits per heavy atom. The van der Waals surface area contributed by atoms with Crippen LogP contribution in [-0.4, -0.2) is 47.9 Å². The predicted molar refractivity (Wildman–Crippen MR) is 149 cm³/mol. The van der Waals surface area contributed by atoms with Crippen LogP contribution in [0.25, 0.3) is 5.57 Å². The summed E-state index contributed by atoms with van der Waals surface area (Å²) in [4.78, 5) is 17.8.